The molecule has 2 aromatic rings. The third kappa shape index (κ3) is 11.2. The SMILES string of the molecule is C[C@@H]1CN(C(=O)OC(C)(C)C)CCc2ccc(N3CCCOCC3)nc21.C[C@H]1CN(C(=O)OC(C)(C)C)CCc2ccc(N3CCCOCC3)nc21. The van der Waals surface area contributed by atoms with E-state index in [2.05, 4.69) is 47.9 Å². The van der Waals surface area contributed by atoms with E-state index in [9.17, 15) is 9.59 Å². The largest absolute Gasteiger partial charge is 0.444 e. The lowest BCUT2D eigenvalue weighted by atomic mass is 10.0. The Kier molecular flexibility index (Phi) is 13.3. The molecular formula is C40H62N6O6. The van der Waals surface area contributed by atoms with Crippen LogP contribution in [0.15, 0.2) is 24.3 Å². The lowest BCUT2D eigenvalue weighted by Gasteiger charge is -2.27. The van der Waals surface area contributed by atoms with Crippen LogP contribution in [0.25, 0.3) is 0 Å². The van der Waals surface area contributed by atoms with Gasteiger partial charge >= 0.3 is 12.2 Å². The molecule has 4 aliphatic rings. The van der Waals surface area contributed by atoms with Crippen LogP contribution in [0.5, 0.6) is 0 Å². The number of fused-ring (bicyclic) bond motifs is 2. The summed E-state index contributed by atoms with van der Waals surface area (Å²) in [5, 5.41) is 0. The standard InChI is InChI=1S/2C20H31N3O3/c2*1-15-14-23(19(24)26-20(2,3)4)10-8-16-6-7-17(21-18(15)16)22-9-5-12-25-13-11-22/h2*6-7,15H,5,8-14H2,1-4H3/t2*15-/m10/s1. The summed E-state index contributed by atoms with van der Waals surface area (Å²) in [7, 11) is 0. The average Bonchev–Trinajstić information content (AvgIpc) is 3.63. The lowest BCUT2D eigenvalue weighted by Crippen LogP contribution is -2.38. The van der Waals surface area contributed by atoms with Gasteiger partial charge in [0.2, 0.25) is 0 Å². The monoisotopic (exact) mass is 722 g/mol. The number of aromatic nitrogens is 2. The second kappa shape index (κ2) is 17.5. The van der Waals surface area contributed by atoms with E-state index in [1.165, 1.54) is 11.1 Å². The minimum absolute atomic E-state index is 0.184. The summed E-state index contributed by atoms with van der Waals surface area (Å²) in [6.45, 7) is 25.2. The number of hydrogen-bond donors (Lipinski definition) is 0. The van der Waals surface area contributed by atoms with Crippen LogP contribution in [0.1, 0.15) is 103 Å². The van der Waals surface area contributed by atoms with Crippen LogP contribution in [0.3, 0.4) is 0 Å². The van der Waals surface area contributed by atoms with Gasteiger partial charge in [-0.15, -0.1) is 0 Å². The quantitative estimate of drug-likeness (QED) is 0.345. The Morgan fingerprint density at radius 3 is 1.40 bits per heavy atom. The van der Waals surface area contributed by atoms with Crippen molar-refractivity contribution in [3.8, 4) is 0 Å². The third-order valence-electron chi connectivity index (χ3n) is 9.62. The molecule has 0 unspecified atom stereocenters. The molecule has 2 atom stereocenters. The van der Waals surface area contributed by atoms with E-state index >= 15 is 0 Å². The van der Waals surface area contributed by atoms with Crippen molar-refractivity contribution in [3.05, 3.63) is 46.8 Å². The van der Waals surface area contributed by atoms with Crippen molar-refractivity contribution in [3.63, 3.8) is 0 Å². The van der Waals surface area contributed by atoms with Gasteiger partial charge in [0.15, 0.2) is 0 Å². The maximum Gasteiger partial charge on any atom is 0.410 e. The molecule has 0 aromatic carbocycles. The van der Waals surface area contributed by atoms with Crippen molar-refractivity contribution in [2.45, 2.75) is 104 Å². The topological polar surface area (TPSA) is 110 Å². The highest BCUT2D eigenvalue weighted by Gasteiger charge is 2.30. The highest BCUT2D eigenvalue weighted by atomic mass is 16.6. The first-order valence-corrected chi connectivity index (χ1v) is 19.3. The summed E-state index contributed by atoms with van der Waals surface area (Å²) < 4.78 is 22.2. The fourth-order valence-corrected chi connectivity index (χ4v) is 7.08. The predicted octanol–water partition coefficient (Wildman–Crippen LogP) is 6.41. The van der Waals surface area contributed by atoms with Crippen molar-refractivity contribution < 1.29 is 28.5 Å². The van der Waals surface area contributed by atoms with Crippen LogP contribution in [0.2, 0.25) is 0 Å². The van der Waals surface area contributed by atoms with E-state index in [1.807, 2.05) is 51.3 Å². The number of rotatable bonds is 2. The smallest absolute Gasteiger partial charge is 0.410 e. The number of pyridine rings is 2. The fourth-order valence-electron chi connectivity index (χ4n) is 7.08. The summed E-state index contributed by atoms with van der Waals surface area (Å²) in [5.41, 5.74) is 3.74. The highest BCUT2D eigenvalue weighted by molar-refractivity contribution is 5.69. The van der Waals surface area contributed by atoms with Gasteiger partial charge in [0.05, 0.1) is 24.6 Å². The third-order valence-corrected chi connectivity index (χ3v) is 9.62. The minimum atomic E-state index is -0.472. The van der Waals surface area contributed by atoms with Gasteiger partial charge in [0.1, 0.15) is 22.8 Å². The van der Waals surface area contributed by atoms with Crippen molar-refractivity contribution in [1.82, 2.24) is 19.8 Å². The van der Waals surface area contributed by atoms with Crippen LogP contribution >= 0.6 is 0 Å². The van der Waals surface area contributed by atoms with E-state index in [4.69, 9.17) is 28.9 Å². The molecule has 2 saturated heterocycles. The van der Waals surface area contributed by atoms with Gasteiger partial charge in [-0.25, -0.2) is 19.6 Å². The Balaban J connectivity index is 0.000000201. The van der Waals surface area contributed by atoms with Crippen LogP contribution in [0.4, 0.5) is 21.2 Å². The van der Waals surface area contributed by atoms with Gasteiger partial charge in [0, 0.05) is 77.4 Å². The summed E-state index contributed by atoms with van der Waals surface area (Å²) >= 11 is 0. The molecule has 4 aliphatic heterocycles. The number of anilines is 2. The van der Waals surface area contributed by atoms with Crippen LogP contribution in [-0.2, 0) is 31.8 Å². The van der Waals surface area contributed by atoms with Crippen molar-refractivity contribution in [1.29, 1.82) is 0 Å². The molecule has 0 bridgehead atoms. The summed E-state index contributed by atoms with van der Waals surface area (Å²) in [5.74, 6) is 2.41. The second-order valence-electron chi connectivity index (χ2n) is 16.5. The maximum absolute atomic E-state index is 12.5. The number of carbonyl (C=O) groups excluding carboxylic acids is 2. The summed E-state index contributed by atoms with van der Waals surface area (Å²) in [6, 6.07) is 8.58. The zero-order chi connectivity index (χ0) is 37.5. The van der Waals surface area contributed by atoms with Gasteiger partial charge in [-0.05, 0) is 90.5 Å². The van der Waals surface area contributed by atoms with Crippen LogP contribution < -0.4 is 9.80 Å². The van der Waals surface area contributed by atoms with Crippen molar-refractivity contribution in [2.24, 2.45) is 0 Å². The molecule has 52 heavy (non-hydrogen) atoms. The molecule has 0 saturated carbocycles. The lowest BCUT2D eigenvalue weighted by molar-refractivity contribution is 0.0237. The summed E-state index contributed by atoms with van der Waals surface area (Å²) in [4.78, 5) is 43.1. The molecule has 12 nitrogen and oxygen atoms in total. The Hall–Kier alpha value is -3.64. The molecule has 2 amide bonds. The van der Waals surface area contributed by atoms with Gasteiger partial charge in [-0.1, -0.05) is 26.0 Å². The number of hydrogen-bond acceptors (Lipinski definition) is 10. The van der Waals surface area contributed by atoms with E-state index in [0.717, 1.165) is 101 Å². The summed E-state index contributed by atoms with van der Waals surface area (Å²) in [6.07, 6.45) is 3.22. The molecular weight excluding hydrogens is 660 g/mol. The maximum atomic E-state index is 12.5. The molecule has 6 heterocycles. The zero-order valence-electron chi connectivity index (χ0n) is 32.9. The minimum Gasteiger partial charge on any atom is -0.444 e. The van der Waals surface area contributed by atoms with Crippen LogP contribution in [-0.4, -0.2) is 122 Å². The van der Waals surface area contributed by atoms with E-state index in [-0.39, 0.29) is 24.0 Å². The molecule has 288 valence electrons. The Morgan fingerprint density at radius 1 is 0.615 bits per heavy atom. The molecule has 2 fully saturated rings. The normalized spacial score (nSPS) is 21.6. The van der Waals surface area contributed by atoms with Gasteiger partial charge < -0.3 is 38.5 Å². The first-order chi connectivity index (χ1) is 24.7. The van der Waals surface area contributed by atoms with E-state index in [1.54, 1.807) is 0 Å². The van der Waals surface area contributed by atoms with Crippen molar-refractivity contribution in [2.75, 3.05) is 88.6 Å². The molecule has 0 radical (unpaired) electrons. The number of nitrogens with zero attached hydrogens (tertiary/aromatic N) is 6. The Labute approximate surface area is 311 Å². The molecule has 12 heteroatoms. The molecule has 0 spiro atoms. The van der Waals surface area contributed by atoms with E-state index < -0.39 is 11.2 Å². The van der Waals surface area contributed by atoms with Gasteiger partial charge in [-0.2, -0.15) is 0 Å². The molecule has 6 rings (SSSR count). The predicted molar refractivity (Wildman–Crippen MR) is 204 cm³/mol. The van der Waals surface area contributed by atoms with Crippen LogP contribution in [0, 0.1) is 0 Å². The number of carbonyl (C=O) groups is 2. The Bertz CT molecular complexity index is 1380. The number of ether oxygens (including phenoxy) is 4. The molecule has 0 aliphatic carbocycles. The van der Waals surface area contributed by atoms with Gasteiger partial charge in [0.25, 0.3) is 0 Å². The number of amides is 2. The first kappa shape index (κ1) is 39.6. The fraction of sp³-hybridized carbons (Fsp3) is 0.700. The second-order valence-corrected chi connectivity index (χ2v) is 16.5. The zero-order valence-corrected chi connectivity index (χ0v) is 32.9. The average molecular weight is 723 g/mol. The highest BCUT2D eigenvalue weighted by Crippen LogP contribution is 2.29. The van der Waals surface area contributed by atoms with Crippen molar-refractivity contribution >= 4 is 23.8 Å². The molecule has 2 aromatic heterocycles. The first-order valence-electron chi connectivity index (χ1n) is 19.3. The van der Waals surface area contributed by atoms with E-state index in [0.29, 0.717) is 26.2 Å². The molecule has 0 N–H and O–H groups in total. The Morgan fingerprint density at radius 2 is 1.02 bits per heavy atom. The van der Waals surface area contributed by atoms with Gasteiger partial charge in [-0.3, -0.25) is 0 Å².